The third-order valence-corrected chi connectivity index (χ3v) is 1.94. The van der Waals surface area contributed by atoms with E-state index in [0.29, 0.717) is 0 Å². The molecule has 4 heteroatoms. The van der Waals surface area contributed by atoms with Gasteiger partial charge in [0.1, 0.15) is 5.92 Å². The maximum atomic E-state index is 10.9. The molecule has 4 nitrogen and oxygen atoms in total. The van der Waals surface area contributed by atoms with Crippen molar-refractivity contribution in [2.45, 2.75) is 19.1 Å². The SMILES string of the molecule is COC(=O)C1COC(C)C1O. The Hall–Kier alpha value is -0.610. The molecule has 0 aromatic heterocycles. The number of aliphatic hydroxyl groups is 1. The average molecular weight is 160 g/mol. The van der Waals surface area contributed by atoms with Crippen LogP contribution >= 0.6 is 0 Å². The molecule has 3 unspecified atom stereocenters. The lowest BCUT2D eigenvalue weighted by Crippen LogP contribution is -2.30. The van der Waals surface area contributed by atoms with Crippen LogP contribution in [-0.2, 0) is 14.3 Å². The molecular weight excluding hydrogens is 148 g/mol. The summed E-state index contributed by atoms with van der Waals surface area (Å²) < 4.78 is 9.52. The highest BCUT2D eigenvalue weighted by Crippen LogP contribution is 2.20. The van der Waals surface area contributed by atoms with Crippen molar-refractivity contribution in [2.75, 3.05) is 13.7 Å². The number of hydrogen-bond donors (Lipinski definition) is 1. The normalized spacial score (nSPS) is 37.2. The highest BCUT2D eigenvalue weighted by atomic mass is 16.5. The molecule has 3 atom stereocenters. The number of aliphatic hydroxyl groups excluding tert-OH is 1. The van der Waals surface area contributed by atoms with E-state index in [0.717, 1.165) is 0 Å². The Bertz CT molecular complexity index is 157. The van der Waals surface area contributed by atoms with Crippen molar-refractivity contribution in [3.05, 3.63) is 0 Å². The van der Waals surface area contributed by atoms with E-state index in [9.17, 15) is 9.90 Å². The Morgan fingerprint density at radius 2 is 2.36 bits per heavy atom. The van der Waals surface area contributed by atoms with Gasteiger partial charge >= 0.3 is 5.97 Å². The second-order valence-corrected chi connectivity index (χ2v) is 2.66. The van der Waals surface area contributed by atoms with Gasteiger partial charge in [-0.15, -0.1) is 0 Å². The number of rotatable bonds is 1. The van der Waals surface area contributed by atoms with Crippen molar-refractivity contribution >= 4 is 5.97 Å². The predicted octanol–water partition coefficient (Wildman–Crippen LogP) is -0.445. The highest BCUT2D eigenvalue weighted by Gasteiger charge is 2.38. The molecule has 1 saturated heterocycles. The molecule has 0 bridgehead atoms. The van der Waals surface area contributed by atoms with Gasteiger partial charge in [-0.25, -0.2) is 0 Å². The van der Waals surface area contributed by atoms with Crippen LogP contribution < -0.4 is 0 Å². The molecule has 1 rings (SSSR count). The molecule has 1 aliphatic heterocycles. The van der Waals surface area contributed by atoms with Gasteiger partial charge in [-0.1, -0.05) is 0 Å². The highest BCUT2D eigenvalue weighted by molar-refractivity contribution is 5.73. The standard InChI is InChI=1S/C7H12O4/c1-4-6(8)5(3-11-4)7(9)10-2/h4-6,8H,3H2,1-2H3. The number of carbonyl (C=O) groups excluding carboxylic acids is 1. The molecule has 64 valence electrons. The molecule has 0 amide bonds. The maximum Gasteiger partial charge on any atom is 0.313 e. The van der Waals surface area contributed by atoms with Crippen LogP contribution in [-0.4, -0.2) is 37.0 Å². The van der Waals surface area contributed by atoms with Gasteiger partial charge in [-0.3, -0.25) is 4.79 Å². The minimum atomic E-state index is -0.720. The lowest BCUT2D eigenvalue weighted by molar-refractivity contribution is -0.147. The van der Waals surface area contributed by atoms with Gasteiger partial charge in [0.2, 0.25) is 0 Å². The van der Waals surface area contributed by atoms with Crippen LogP contribution in [0.25, 0.3) is 0 Å². The van der Waals surface area contributed by atoms with Crippen LogP contribution in [0, 0.1) is 5.92 Å². The molecule has 0 spiro atoms. The summed E-state index contributed by atoms with van der Waals surface area (Å²) >= 11 is 0. The second-order valence-electron chi connectivity index (χ2n) is 2.66. The van der Waals surface area contributed by atoms with Crippen LogP contribution in [0.1, 0.15) is 6.92 Å². The van der Waals surface area contributed by atoms with E-state index >= 15 is 0 Å². The Morgan fingerprint density at radius 3 is 2.73 bits per heavy atom. The number of methoxy groups -OCH3 is 1. The van der Waals surface area contributed by atoms with Crippen molar-refractivity contribution in [3.63, 3.8) is 0 Å². The van der Waals surface area contributed by atoms with E-state index in [4.69, 9.17) is 4.74 Å². The van der Waals surface area contributed by atoms with E-state index in [1.807, 2.05) is 0 Å². The van der Waals surface area contributed by atoms with Gasteiger partial charge in [0, 0.05) is 0 Å². The summed E-state index contributed by atoms with van der Waals surface area (Å²) in [5, 5.41) is 9.33. The fraction of sp³-hybridized carbons (Fsp3) is 0.857. The molecule has 1 fully saturated rings. The van der Waals surface area contributed by atoms with E-state index in [2.05, 4.69) is 4.74 Å². The van der Waals surface area contributed by atoms with Crippen molar-refractivity contribution in [1.29, 1.82) is 0 Å². The number of ether oxygens (including phenoxy) is 2. The molecule has 11 heavy (non-hydrogen) atoms. The first kappa shape index (κ1) is 8.49. The molecule has 1 N–H and O–H groups in total. The van der Waals surface area contributed by atoms with E-state index in [-0.39, 0.29) is 12.7 Å². The van der Waals surface area contributed by atoms with E-state index in [1.165, 1.54) is 7.11 Å². The lowest BCUT2D eigenvalue weighted by atomic mass is 10.0. The second kappa shape index (κ2) is 3.19. The summed E-state index contributed by atoms with van der Waals surface area (Å²) in [6.45, 7) is 1.99. The van der Waals surface area contributed by atoms with Crippen molar-refractivity contribution in [2.24, 2.45) is 5.92 Å². The first-order valence-corrected chi connectivity index (χ1v) is 3.54. The van der Waals surface area contributed by atoms with Gasteiger partial charge < -0.3 is 14.6 Å². The number of esters is 1. The fourth-order valence-electron chi connectivity index (χ4n) is 1.14. The average Bonchev–Trinajstić information content (AvgIpc) is 2.32. The number of hydrogen-bond acceptors (Lipinski definition) is 4. The minimum Gasteiger partial charge on any atom is -0.469 e. The van der Waals surface area contributed by atoms with Crippen LogP contribution in [0.4, 0.5) is 0 Å². The topological polar surface area (TPSA) is 55.8 Å². The summed E-state index contributed by atoms with van der Waals surface area (Å²) in [5.41, 5.74) is 0. The minimum absolute atomic E-state index is 0.259. The van der Waals surface area contributed by atoms with E-state index < -0.39 is 18.0 Å². The van der Waals surface area contributed by atoms with Crippen molar-refractivity contribution in [3.8, 4) is 0 Å². The summed E-state index contributed by atoms with van der Waals surface area (Å²) in [6, 6.07) is 0. The monoisotopic (exact) mass is 160 g/mol. The van der Waals surface area contributed by atoms with Gasteiger partial charge in [0.05, 0.1) is 25.9 Å². The summed E-state index contributed by atoms with van der Waals surface area (Å²) in [7, 11) is 1.30. The third kappa shape index (κ3) is 1.52. The zero-order valence-electron chi connectivity index (χ0n) is 6.61. The Morgan fingerprint density at radius 1 is 1.73 bits per heavy atom. The van der Waals surface area contributed by atoms with Gasteiger partial charge in [-0.2, -0.15) is 0 Å². The van der Waals surface area contributed by atoms with Gasteiger partial charge in [-0.05, 0) is 6.92 Å². The van der Waals surface area contributed by atoms with Crippen LogP contribution in [0.2, 0.25) is 0 Å². The zero-order valence-corrected chi connectivity index (χ0v) is 6.61. The quantitative estimate of drug-likeness (QED) is 0.528. The summed E-state index contributed by atoms with van der Waals surface area (Å²) in [6.07, 6.45) is -0.985. The number of carbonyl (C=O) groups is 1. The Kier molecular flexibility index (Phi) is 2.46. The van der Waals surface area contributed by atoms with Gasteiger partial charge in [0.15, 0.2) is 0 Å². The van der Waals surface area contributed by atoms with Crippen molar-refractivity contribution in [1.82, 2.24) is 0 Å². The maximum absolute atomic E-state index is 10.9. The first-order chi connectivity index (χ1) is 5.16. The summed E-state index contributed by atoms with van der Waals surface area (Å²) in [5.74, 6) is -0.906. The molecule has 1 aliphatic rings. The Labute approximate surface area is 65.1 Å². The first-order valence-electron chi connectivity index (χ1n) is 3.54. The van der Waals surface area contributed by atoms with Crippen LogP contribution in [0.3, 0.4) is 0 Å². The third-order valence-electron chi connectivity index (χ3n) is 1.94. The largest absolute Gasteiger partial charge is 0.469 e. The van der Waals surface area contributed by atoms with E-state index in [1.54, 1.807) is 6.92 Å². The smallest absolute Gasteiger partial charge is 0.313 e. The fourth-order valence-corrected chi connectivity index (χ4v) is 1.14. The molecule has 0 saturated carbocycles. The van der Waals surface area contributed by atoms with Crippen molar-refractivity contribution < 1.29 is 19.4 Å². The summed E-state index contributed by atoms with van der Waals surface area (Å²) in [4.78, 5) is 10.9. The molecule has 0 aromatic rings. The van der Waals surface area contributed by atoms with Crippen LogP contribution in [0.15, 0.2) is 0 Å². The zero-order chi connectivity index (χ0) is 8.43. The predicted molar refractivity (Wildman–Crippen MR) is 36.9 cm³/mol. The molecule has 1 heterocycles. The molecule has 0 aliphatic carbocycles. The molecular formula is C7H12O4. The van der Waals surface area contributed by atoms with Gasteiger partial charge in [0.25, 0.3) is 0 Å². The van der Waals surface area contributed by atoms with Crippen LogP contribution in [0.5, 0.6) is 0 Å². The Balaban J connectivity index is 2.54. The lowest BCUT2D eigenvalue weighted by Gasteiger charge is -2.11. The molecule has 0 aromatic carbocycles. The molecule has 0 radical (unpaired) electrons.